The van der Waals surface area contributed by atoms with E-state index < -0.39 is 5.97 Å². The van der Waals surface area contributed by atoms with Gasteiger partial charge in [-0.15, -0.1) is 11.3 Å². The number of ether oxygens (including phenoxy) is 2. The van der Waals surface area contributed by atoms with Gasteiger partial charge in [-0.1, -0.05) is 24.9 Å². The number of methoxy groups -OCH3 is 1. The number of aromatic nitrogens is 1. The summed E-state index contributed by atoms with van der Waals surface area (Å²) in [6.07, 6.45) is 1.95. The van der Waals surface area contributed by atoms with Crippen molar-refractivity contribution in [3.05, 3.63) is 28.2 Å². The SMILES string of the molecule is CCCCOc1c(Cl)cc(-c2nc(C(=O)O)cs2)cc1OC. The quantitative estimate of drug-likeness (QED) is 0.758. The highest BCUT2D eigenvalue weighted by Gasteiger charge is 2.16. The molecule has 0 aliphatic heterocycles. The lowest BCUT2D eigenvalue weighted by molar-refractivity contribution is 0.0691. The van der Waals surface area contributed by atoms with Gasteiger partial charge in [0.2, 0.25) is 0 Å². The molecular formula is C15H16ClNO4S. The fraction of sp³-hybridized carbons (Fsp3) is 0.333. The minimum Gasteiger partial charge on any atom is -0.493 e. The van der Waals surface area contributed by atoms with Crippen LogP contribution in [0, 0.1) is 0 Å². The Labute approximate surface area is 137 Å². The van der Waals surface area contributed by atoms with Crippen LogP contribution in [0.2, 0.25) is 5.02 Å². The highest BCUT2D eigenvalue weighted by Crippen LogP contribution is 2.40. The molecule has 2 rings (SSSR count). The summed E-state index contributed by atoms with van der Waals surface area (Å²) in [7, 11) is 1.53. The van der Waals surface area contributed by atoms with Crippen molar-refractivity contribution in [1.29, 1.82) is 0 Å². The Morgan fingerprint density at radius 1 is 1.45 bits per heavy atom. The van der Waals surface area contributed by atoms with Crippen LogP contribution < -0.4 is 9.47 Å². The molecule has 1 aromatic heterocycles. The van der Waals surface area contributed by atoms with E-state index in [1.165, 1.54) is 23.8 Å². The number of hydrogen-bond donors (Lipinski definition) is 1. The zero-order valence-corrected chi connectivity index (χ0v) is 13.8. The summed E-state index contributed by atoms with van der Waals surface area (Å²) in [6.45, 7) is 2.64. The summed E-state index contributed by atoms with van der Waals surface area (Å²) in [5, 5.41) is 11.4. The number of aromatic carboxylic acids is 1. The monoisotopic (exact) mass is 341 g/mol. The van der Waals surface area contributed by atoms with Crippen molar-refractivity contribution in [2.75, 3.05) is 13.7 Å². The molecule has 0 saturated carbocycles. The molecule has 1 N–H and O–H groups in total. The normalized spacial score (nSPS) is 10.5. The van der Waals surface area contributed by atoms with Gasteiger partial charge in [-0.2, -0.15) is 0 Å². The third-order valence-electron chi connectivity index (χ3n) is 2.94. The lowest BCUT2D eigenvalue weighted by Crippen LogP contribution is -2.00. The third-order valence-corrected chi connectivity index (χ3v) is 4.12. The predicted octanol–water partition coefficient (Wildman–Crippen LogP) is 4.35. The number of nitrogens with zero attached hydrogens (tertiary/aromatic N) is 1. The summed E-state index contributed by atoms with van der Waals surface area (Å²) in [4.78, 5) is 15.0. The Balaban J connectivity index is 2.33. The average Bonchev–Trinajstić information content (AvgIpc) is 2.98. The molecule has 0 spiro atoms. The molecule has 1 aromatic carbocycles. The second-order valence-electron chi connectivity index (χ2n) is 4.53. The van der Waals surface area contributed by atoms with E-state index in [1.807, 2.05) is 0 Å². The maximum atomic E-state index is 10.9. The van der Waals surface area contributed by atoms with Crippen LogP contribution in [-0.2, 0) is 0 Å². The molecule has 22 heavy (non-hydrogen) atoms. The van der Waals surface area contributed by atoms with Gasteiger partial charge < -0.3 is 14.6 Å². The molecule has 0 amide bonds. The van der Waals surface area contributed by atoms with Gasteiger partial charge in [0.15, 0.2) is 17.2 Å². The summed E-state index contributed by atoms with van der Waals surface area (Å²) < 4.78 is 11.0. The molecule has 7 heteroatoms. The molecule has 118 valence electrons. The first-order valence-corrected chi connectivity index (χ1v) is 8.02. The van der Waals surface area contributed by atoms with E-state index in [-0.39, 0.29) is 5.69 Å². The molecule has 0 fully saturated rings. The van der Waals surface area contributed by atoms with Crippen LogP contribution in [0.15, 0.2) is 17.5 Å². The van der Waals surface area contributed by atoms with Crippen LogP contribution in [0.1, 0.15) is 30.3 Å². The van der Waals surface area contributed by atoms with Crippen molar-refractivity contribution in [2.45, 2.75) is 19.8 Å². The number of carbonyl (C=O) groups is 1. The van der Waals surface area contributed by atoms with Crippen LogP contribution in [-0.4, -0.2) is 29.8 Å². The van der Waals surface area contributed by atoms with E-state index in [0.717, 1.165) is 12.8 Å². The number of carboxylic acids is 1. The molecular weight excluding hydrogens is 326 g/mol. The third kappa shape index (κ3) is 3.69. The Hall–Kier alpha value is -1.79. The lowest BCUT2D eigenvalue weighted by Gasteiger charge is -2.13. The van der Waals surface area contributed by atoms with Crippen molar-refractivity contribution < 1.29 is 19.4 Å². The molecule has 5 nitrogen and oxygen atoms in total. The van der Waals surface area contributed by atoms with Crippen LogP contribution in [0.25, 0.3) is 10.6 Å². The highest BCUT2D eigenvalue weighted by atomic mass is 35.5. The second-order valence-corrected chi connectivity index (χ2v) is 5.80. The number of hydrogen-bond acceptors (Lipinski definition) is 5. The first kappa shape index (κ1) is 16.6. The summed E-state index contributed by atoms with van der Waals surface area (Å²) in [6, 6.07) is 3.45. The van der Waals surface area contributed by atoms with Gasteiger partial charge in [-0.25, -0.2) is 9.78 Å². The Bertz CT molecular complexity index is 672. The summed E-state index contributed by atoms with van der Waals surface area (Å²) in [5.41, 5.74) is 0.709. The van der Waals surface area contributed by atoms with Gasteiger partial charge in [0, 0.05) is 10.9 Å². The van der Waals surface area contributed by atoms with Crippen LogP contribution >= 0.6 is 22.9 Å². The molecule has 0 aliphatic rings. The minimum atomic E-state index is -1.06. The van der Waals surface area contributed by atoms with E-state index in [1.54, 1.807) is 12.1 Å². The Morgan fingerprint density at radius 3 is 2.82 bits per heavy atom. The van der Waals surface area contributed by atoms with E-state index in [2.05, 4.69) is 11.9 Å². The lowest BCUT2D eigenvalue weighted by atomic mass is 10.2. The zero-order chi connectivity index (χ0) is 16.1. The van der Waals surface area contributed by atoms with Gasteiger partial charge in [0.25, 0.3) is 0 Å². The average molecular weight is 342 g/mol. The van der Waals surface area contributed by atoms with E-state index in [9.17, 15) is 4.79 Å². The number of halogens is 1. The van der Waals surface area contributed by atoms with E-state index in [4.69, 9.17) is 26.2 Å². The van der Waals surface area contributed by atoms with Crippen molar-refractivity contribution in [3.8, 4) is 22.1 Å². The molecule has 0 saturated heterocycles. The van der Waals surface area contributed by atoms with Gasteiger partial charge in [0.1, 0.15) is 5.01 Å². The fourth-order valence-electron chi connectivity index (χ4n) is 1.81. The minimum absolute atomic E-state index is 0.0124. The zero-order valence-electron chi connectivity index (χ0n) is 12.3. The standard InChI is InChI=1S/C15H16ClNO4S/c1-3-4-5-21-13-10(16)6-9(7-12(13)20-2)14-17-11(8-22-14)15(18)19/h6-8H,3-5H2,1-2H3,(H,18,19). The van der Waals surface area contributed by atoms with Crippen molar-refractivity contribution in [2.24, 2.45) is 0 Å². The molecule has 0 bridgehead atoms. The van der Waals surface area contributed by atoms with Gasteiger partial charge >= 0.3 is 5.97 Å². The summed E-state index contributed by atoms with van der Waals surface area (Å²) >= 11 is 7.51. The highest BCUT2D eigenvalue weighted by molar-refractivity contribution is 7.13. The second kappa shape index (κ2) is 7.47. The number of benzene rings is 1. The van der Waals surface area contributed by atoms with Crippen molar-refractivity contribution in [3.63, 3.8) is 0 Å². The molecule has 0 atom stereocenters. The number of carboxylic acid groups (broad SMARTS) is 1. The molecule has 0 radical (unpaired) electrons. The largest absolute Gasteiger partial charge is 0.493 e. The van der Waals surface area contributed by atoms with E-state index in [0.29, 0.717) is 33.7 Å². The maximum Gasteiger partial charge on any atom is 0.355 e. The first-order chi connectivity index (χ1) is 10.6. The van der Waals surface area contributed by atoms with Crippen LogP contribution in [0.4, 0.5) is 0 Å². The summed E-state index contributed by atoms with van der Waals surface area (Å²) in [5.74, 6) is -0.0536. The van der Waals surface area contributed by atoms with Crippen LogP contribution in [0.5, 0.6) is 11.5 Å². The predicted molar refractivity (Wildman–Crippen MR) is 86.5 cm³/mol. The Kier molecular flexibility index (Phi) is 5.63. The number of thiazole rings is 1. The smallest absolute Gasteiger partial charge is 0.355 e. The molecule has 2 aromatic rings. The van der Waals surface area contributed by atoms with E-state index >= 15 is 0 Å². The number of unbranched alkanes of at least 4 members (excludes halogenated alkanes) is 1. The molecule has 0 unspecified atom stereocenters. The number of rotatable bonds is 7. The fourth-order valence-corrected chi connectivity index (χ4v) is 2.85. The molecule has 1 heterocycles. The van der Waals surface area contributed by atoms with Crippen LogP contribution in [0.3, 0.4) is 0 Å². The Morgan fingerprint density at radius 2 is 2.23 bits per heavy atom. The van der Waals surface area contributed by atoms with Gasteiger partial charge in [0.05, 0.1) is 18.7 Å². The van der Waals surface area contributed by atoms with Gasteiger partial charge in [-0.05, 0) is 18.6 Å². The maximum absolute atomic E-state index is 10.9. The topological polar surface area (TPSA) is 68.7 Å². The first-order valence-electron chi connectivity index (χ1n) is 6.76. The molecule has 0 aliphatic carbocycles. The van der Waals surface area contributed by atoms with Gasteiger partial charge in [-0.3, -0.25) is 0 Å². The van der Waals surface area contributed by atoms with Crippen molar-refractivity contribution >= 4 is 28.9 Å². The van der Waals surface area contributed by atoms with Crippen molar-refractivity contribution in [1.82, 2.24) is 4.98 Å².